The van der Waals surface area contributed by atoms with Crippen LogP contribution in [0, 0.1) is 0 Å². The van der Waals surface area contributed by atoms with E-state index in [1.807, 2.05) is 66.7 Å². The molecule has 0 atom stereocenters. The second-order valence-electron chi connectivity index (χ2n) is 7.15. The standard InChI is InChI=1S/C24H21Cl3N4/c25-20-11-10-17(22(27)14-20)12-13-28-15-23-24(18-6-2-1-3-7-18)30-31(29-23)16-19-8-4-5-9-21(19)26/h1-11,14,28H,12-13,15-16H2. The van der Waals surface area contributed by atoms with E-state index in [9.17, 15) is 0 Å². The number of hydrogen-bond donors (Lipinski definition) is 1. The molecule has 1 heterocycles. The van der Waals surface area contributed by atoms with E-state index in [2.05, 4.69) is 5.32 Å². The summed E-state index contributed by atoms with van der Waals surface area (Å²) in [4.78, 5) is 1.70. The van der Waals surface area contributed by atoms with Gasteiger partial charge in [-0.25, -0.2) is 0 Å². The average molecular weight is 472 g/mol. The number of hydrogen-bond acceptors (Lipinski definition) is 3. The fraction of sp³-hybridized carbons (Fsp3) is 0.167. The summed E-state index contributed by atoms with van der Waals surface area (Å²) >= 11 is 18.6. The van der Waals surface area contributed by atoms with Crippen LogP contribution in [0.1, 0.15) is 16.8 Å². The molecular formula is C24H21Cl3N4. The second-order valence-corrected chi connectivity index (χ2v) is 8.40. The molecule has 3 aromatic carbocycles. The first-order chi connectivity index (χ1) is 15.1. The molecule has 0 unspecified atom stereocenters. The third kappa shape index (κ3) is 5.66. The van der Waals surface area contributed by atoms with Crippen molar-refractivity contribution in [3.8, 4) is 11.3 Å². The van der Waals surface area contributed by atoms with Crippen molar-refractivity contribution in [3.05, 3.63) is 105 Å². The van der Waals surface area contributed by atoms with Gasteiger partial charge < -0.3 is 5.32 Å². The molecule has 0 aliphatic heterocycles. The van der Waals surface area contributed by atoms with Crippen LogP contribution in [0.5, 0.6) is 0 Å². The van der Waals surface area contributed by atoms with E-state index < -0.39 is 0 Å². The number of benzene rings is 3. The lowest BCUT2D eigenvalue weighted by atomic mass is 10.1. The summed E-state index contributed by atoms with van der Waals surface area (Å²) in [5, 5.41) is 15.0. The highest BCUT2D eigenvalue weighted by Crippen LogP contribution is 2.23. The van der Waals surface area contributed by atoms with E-state index in [0.717, 1.165) is 41.0 Å². The summed E-state index contributed by atoms with van der Waals surface area (Å²) in [6, 6.07) is 23.4. The lowest BCUT2D eigenvalue weighted by Gasteiger charge is -2.06. The minimum Gasteiger partial charge on any atom is -0.311 e. The van der Waals surface area contributed by atoms with Crippen molar-refractivity contribution in [3.63, 3.8) is 0 Å². The SMILES string of the molecule is Clc1ccc(CCNCc2nn(Cc3ccccc3Cl)nc2-c2ccccc2)c(Cl)c1. The predicted molar refractivity (Wildman–Crippen MR) is 128 cm³/mol. The van der Waals surface area contributed by atoms with Crippen LogP contribution < -0.4 is 5.32 Å². The molecule has 0 radical (unpaired) electrons. The first-order valence-electron chi connectivity index (χ1n) is 9.97. The van der Waals surface area contributed by atoms with Crippen LogP contribution in [0.4, 0.5) is 0 Å². The van der Waals surface area contributed by atoms with Gasteiger partial charge in [-0.1, -0.05) is 89.4 Å². The van der Waals surface area contributed by atoms with Gasteiger partial charge in [0.25, 0.3) is 0 Å². The lowest BCUT2D eigenvalue weighted by Crippen LogP contribution is -2.18. The zero-order valence-electron chi connectivity index (χ0n) is 16.7. The summed E-state index contributed by atoms with van der Waals surface area (Å²) in [6.45, 7) is 1.87. The number of nitrogens with zero attached hydrogens (tertiary/aromatic N) is 3. The van der Waals surface area contributed by atoms with E-state index in [0.29, 0.717) is 28.2 Å². The minimum absolute atomic E-state index is 0.514. The molecule has 4 nitrogen and oxygen atoms in total. The quantitative estimate of drug-likeness (QED) is 0.307. The summed E-state index contributed by atoms with van der Waals surface area (Å²) in [5.74, 6) is 0. The van der Waals surface area contributed by atoms with Gasteiger partial charge in [0.15, 0.2) is 0 Å². The van der Waals surface area contributed by atoms with Crippen LogP contribution in [-0.4, -0.2) is 21.5 Å². The average Bonchev–Trinajstić information content (AvgIpc) is 3.17. The highest BCUT2D eigenvalue weighted by Gasteiger charge is 2.14. The highest BCUT2D eigenvalue weighted by atomic mass is 35.5. The second kappa shape index (κ2) is 10.3. The van der Waals surface area contributed by atoms with Gasteiger partial charge >= 0.3 is 0 Å². The fourth-order valence-corrected chi connectivity index (χ4v) is 4.02. The van der Waals surface area contributed by atoms with Crippen LogP contribution in [0.25, 0.3) is 11.3 Å². The smallest absolute Gasteiger partial charge is 0.117 e. The number of nitrogens with one attached hydrogen (secondary N) is 1. The summed E-state index contributed by atoms with van der Waals surface area (Å²) in [5.41, 5.74) is 4.83. The molecule has 4 aromatic rings. The van der Waals surface area contributed by atoms with Gasteiger partial charge in [-0.2, -0.15) is 15.0 Å². The Kier molecular flexibility index (Phi) is 7.25. The molecule has 0 saturated carbocycles. The van der Waals surface area contributed by atoms with Crippen LogP contribution in [0.2, 0.25) is 15.1 Å². The van der Waals surface area contributed by atoms with Crippen LogP contribution in [0.3, 0.4) is 0 Å². The molecule has 0 aliphatic rings. The molecule has 0 fully saturated rings. The van der Waals surface area contributed by atoms with Crippen molar-refractivity contribution in [2.45, 2.75) is 19.5 Å². The predicted octanol–water partition coefficient (Wildman–Crippen LogP) is 6.29. The number of halogens is 3. The van der Waals surface area contributed by atoms with Crippen molar-refractivity contribution in [1.29, 1.82) is 0 Å². The Morgan fingerprint density at radius 1 is 0.774 bits per heavy atom. The van der Waals surface area contributed by atoms with E-state index >= 15 is 0 Å². The maximum absolute atomic E-state index is 6.32. The molecular weight excluding hydrogens is 451 g/mol. The Hall–Kier alpha value is -2.37. The van der Waals surface area contributed by atoms with E-state index in [1.54, 1.807) is 10.9 Å². The van der Waals surface area contributed by atoms with Gasteiger partial charge in [-0.3, -0.25) is 0 Å². The Morgan fingerprint density at radius 3 is 2.32 bits per heavy atom. The monoisotopic (exact) mass is 470 g/mol. The van der Waals surface area contributed by atoms with Gasteiger partial charge in [0.05, 0.1) is 6.54 Å². The molecule has 0 saturated heterocycles. The molecule has 31 heavy (non-hydrogen) atoms. The van der Waals surface area contributed by atoms with Gasteiger partial charge in [0.2, 0.25) is 0 Å². The molecule has 158 valence electrons. The topological polar surface area (TPSA) is 42.7 Å². The molecule has 4 rings (SSSR count). The van der Waals surface area contributed by atoms with Crippen LogP contribution in [-0.2, 0) is 19.5 Å². The van der Waals surface area contributed by atoms with Crippen molar-refractivity contribution >= 4 is 34.8 Å². The zero-order chi connectivity index (χ0) is 21.6. The highest BCUT2D eigenvalue weighted by molar-refractivity contribution is 6.35. The fourth-order valence-electron chi connectivity index (χ4n) is 3.33. The van der Waals surface area contributed by atoms with Gasteiger partial charge in [0.1, 0.15) is 11.4 Å². The lowest BCUT2D eigenvalue weighted by molar-refractivity contribution is 0.577. The molecule has 0 bridgehead atoms. The Morgan fingerprint density at radius 2 is 1.55 bits per heavy atom. The van der Waals surface area contributed by atoms with Crippen molar-refractivity contribution in [2.24, 2.45) is 0 Å². The Balaban J connectivity index is 1.48. The molecule has 0 aliphatic carbocycles. The van der Waals surface area contributed by atoms with Gasteiger partial charge in [-0.15, -0.1) is 0 Å². The molecule has 0 spiro atoms. The third-order valence-electron chi connectivity index (χ3n) is 4.92. The third-order valence-corrected chi connectivity index (χ3v) is 5.88. The number of rotatable bonds is 8. The summed E-state index contributed by atoms with van der Waals surface area (Å²) in [7, 11) is 0. The number of aromatic nitrogens is 3. The maximum atomic E-state index is 6.32. The van der Waals surface area contributed by atoms with Crippen LogP contribution >= 0.6 is 34.8 Å². The first-order valence-corrected chi connectivity index (χ1v) is 11.1. The molecule has 1 N–H and O–H groups in total. The Bertz CT molecular complexity index is 1160. The maximum Gasteiger partial charge on any atom is 0.117 e. The minimum atomic E-state index is 0.514. The van der Waals surface area contributed by atoms with Crippen molar-refractivity contribution in [2.75, 3.05) is 6.54 Å². The normalized spacial score (nSPS) is 11.1. The Labute approximate surface area is 196 Å². The molecule has 0 amide bonds. The van der Waals surface area contributed by atoms with E-state index in [-0.39, 0.29) is 0 Å². The van der Waals surface area contributed by atoms with Crippen molar-refractivity contribution < 1.29 is 0 Å². The first kappa shape index (κ1) is 21.8. The van der Waals surface area contributed by atoms with Gasteiger partial charge in [-0.05, 0) is 42.3 Å². The largest absolute Gasteiger partial charge is 0.311 e. The molecule has 1 aromatic heterocycles. The zero-order valence-corrected chi connectivity index (χ0v) is 19.0. The molecule has 7 heteroatoms. The van der Waals surface area contributed by atoms with Crippen molar-refractivity contribution in [1.82, 2.24) is 20.3 Å². The van der Waals surface area contributed by atoms with Gasteiger partial charge in [0, 0.05) is 27.2 Å². The van der Waals surface area contributed by atoms with Crippen LogP contribution in [0.15, 0.2) is 72.8 Å². The van der Waals surface area contributed by atoms with E-state index in [4.69, 9.17) is 45.0 Å². The van der Waals surface area contributed by atoms with E-state index in [1.165, 1.54) is 0 Å². The summed E-state index contributed by atoms with van der Waals surface area (Å²) in [6.07, 6.45) is 0.796. The summed E-state index contributed by atoms with van der Waals surface area (Å²) < 4.78 is 0.